The smallest absolute Gasteiger partial charge is 0.141 e. The van der Waals surface area contributed by atoms with E-state index in [4.69, 9.17) is 0 Å². The number of fused-ring (bicyclic) bond motifs is 7. The van der Waals surface area contributed by atoms with Gasteiger partial charge < -0.3 is 0 Å². The summed E-state index contributed by atoms with van der Waals surface area (Å²) in [6.07, 6.45) is 8.32. The molecule has 0 bridgehead atoms. The Morgan fingerprint density at radius 2 is 1.67 bits per heavy atom. The fourth-order valence-electron chi connectivity index (χ4n) is 5.98. The number of hydrogen-bond donors (Lipinski definition) is 0. The first-order valence-electron chi connectivity index (χ1n) is 10.3. The third-order valence-electron chi connectivity index (χ3n) is 7.65. The number of likely N-dealkylation sites (N-methyl/N-ethyl adjacent to an activating group) is 1. The molecular weight excluding hydrogens is 326 g/mol. The minimum absolute atomic E-state index is 0.211. The van der Waals surface area contributed by atoms with Gasteiger partial charge in [-0.15, -0.1) is 0 Å². The van der Waals surface area contributed by atoms with Crippen LogP contribution < -0.4 is 4.48 Å². The minimum atomic E-state index is 0.211. The second kappa shape index (κ2) is 5.81. The van der Waals surface area contributed by atoms with Crippen molar-refractivity contribution in [2.45, 2.75) is 44.7 Å². The Hall–Kier alpha value is -2.38. The number of nitrogens with zero attached hydrogens (tertiary/aromatic N) is 1. The summed E-state index contributed by atoms with van der Waals surface area (Å²) in [6.45, 7) is 4.78. The molecule has 2 heterocycles. The number of quaternary nitrogens is 1. The van der Waals surface area contributed by atoms with Crippen molar-refractivity contribution in [1.82, 2.24) is 4.48 Å². The predicted octanol–water partition coefficient (Wildman–Crippen LogP) is 6.66. The maximum atomic E-state index is 2.48. The van der Waals surface area contributed by atoms with Gasteiger partial charge in [-0.05, 0) is 40.6 Å². The molecule has 1 nitrogen and oxygen atoms in total. The molecule has 2 aliphatic heterocycles. The van der Waals surface area contributed by atoms with Crippen LogP contribution in [0.15, 0.2) is 66.7 Å². The summed E-state index contributed by atoms with van der Waals surface area (Å²) in [6, 6.07) is 23.0. The molecule has 0 spiro atoms. The maximum absolute atomic E-state index is 2.48. The molecule has 0 fully saturated rings. The molecule has 3 aromatic rings. The molecule has 0 amide bonds. The predicted molar refractivity (Wildman–Crippen MR) is 117 cm³/mol. The third kappa shape index (κ3) is 2.04. The fourth-order valence-corrected chi connectivity index (χ4v) is 5.98. The highest BCUT2D eigenvalue weighted by Crippen LogP contribution is 2.55. The molecule has 2 aliphatic rings. The molecule has 136 valence electrons. The highest BCUT2D eigenvalue weighted by Gasteiger charge is 2.56. The van der Waals surface area contributed by atoms with Crippen molar-refractivity contribution >= 4 is 22.5 Å². The topological polar surface area (TPSA) is 0 Å². The van der Waals surface area contributed by atoms with E-state index in [1.54, 1.807) is 5.56 Å². The van der Waals surface area contributed by atoms with Crippen LogP contribution >= 0.6 is 0 Å². The van der Waals surface area contributed by atoms with Crippen LogP contribution in [0.3, 0.4) is 0 Å². The van der Waals surface area contributed by atoms with Crippen molar-refractivity contribution in [3.8, 4) is 0 Å². The molecule has 0 N–H and O–H groups in total. The van der Waals surface area contributed by atoms with Gasteiger partial charge in [-0.1, -0.05) is 62.4 Å². The van der Waals surface area contributed by atoms with Gasteiger partial charge in [0.1, 0.15) is 17.3 Å². The van der Waals surface area contributed by atoms with Crippen LogP contribution in [0.1, 0.15) is 49.4 Å². The first kappa shape index (κ1) is 16.8. The third-order valence-corrected chi connectivity index (χ3v) is 7.65. The first-order chi connectivity index (χ1) is 13.1. The standard InChI is InChI=1S/C26H28N/c1-4-26(5-2)18-23-21-12-8-6-10-19(21)14-16-22(23)25-17-15-20-11-7-9-13-24(20)27(25,26)3/h6-17,25H,4-5,18H2,1-3H3/q+1. The van der Waals surface area contributed by atoms with Crippen molar-refractivity contribution in [1.29, 1.82) is 0 Å². The summed E-state index contributed by atoms with van der Waals surface area (Å²) in [5, 5.41) is 2.81. The quantitative estimate of drug-likeness (QED) is 0.451. The lowest BCUT2D eigenvalue weighted by Crippen LogP contribution is -2.68. The summed E-state index contributed by atoms with van der Waals surface area (Å²) in [7, 11) is 2.48. The Morgan fingerprint density at radius 3 is 2.48 bits per heavy atom. The zero-order valence-corrected chi connectivity index (χ0v) is 16.6. The van der Waals surface area contributed by atoms with E-state index in [-0.39, 0.29) is 5.54 Å². The SMILES string of the molecule is CCC1(CC)Cc2c(ccc3ccccc23)C2C=Cc3ccccc3[N+]21C. The van der Waals surface area contributed by atoms with E-state index in [9.17, 15) is 0 Å². The van der Waals surface area contributed by atoms with Gasteiger partial charge in [-0.2, -0.15) is 0 Å². The molecule has 0 saturated heterocycles. The second-order valence-electron chi connectivity index (χ2n) is 8.40. The van der Waals surface area contributed by atoms with Crippen LogP contribution in [0, 0.1) is 0 Å². The first-order valence-corrected chi connectivity index (χ1v) is 10.3. The lowest BCUT2D eigenvalue weighted by Gasteiger charge is -2.58. The maximum Gasteiger partial charge on any atom is 0.141 e. The van der Waals surface area contributed by atoms with Crippen LogP contribution in [-0.4, -0.2) is 12.6 Å². The number of rotatable bonds is 2. The Labute approximate surface area is 162 Å². The van der Waals surface area contributed by atoms with Crippen molar-refractivity contribution < 1.29 is 0 Å². The lowest BCUT2D eigenvalue weighted by atomic mass is 9.70. The van der Waals surface area contributed by atoms with Crippen molar-refractivity contribution in [2.24, 2.45) is 0 Å². The molecule has 2 unspecified atom stereocenters. The largest absolute Gasteiger partial charge is 0.278 e. The van der Waals surface area contributed by atoms with Gasteiger partial charge in [0.15, 0.2) is 0 Å². The van der Waals surface area contributed by atoms with Gasteiger partial charge >= 0.3 is 0 Å². The summed E-state index contributed by atoms with van der Waals surface area (Å²) in [4.78, 5) is 0. The van der Waals surface area contributed by atoms with Gasteiger partial charge in [0, 0.05) is 30.4 Å². The summed E-state index contributed by atoms with van der Waals surface area (Å²) < 4.78 is 0.998. The zero-order valence-electron chi connectivity index (χ0n) is 16.6. The van der Waals surface area contributed by atoms with Gasteiger partial charge in [-0.25, -0.2) is 0 Å². The zero-order chi connectivity index (χ0) is 18.6. The van der Waals surface area contributed by atoms with Gasteiger partial charge in [0.05, 0.1) is 7.05 Å². The van der Waals surface area contributed by atoms with Crippen molar-refractivity contribution in [2.75, 3.05) is 7.05 Å². The van der Waals surface area contributed by atoms with Crippen molar-refractivity contribution in [3.05, 3.63) is 83.4 Å². The van der Waals surface area contributed by atoms with Gasteiger partial charge in [-0.3, -0.25) is 4.48 Å². The highest BCUT2D eigenvalue weighted by atomic mass is 15.4. The van der Waals surface area contributed by atoms with Gasteiger partial charge in [0.25, 0.3) is 0 Å². The molecule has 0 saturated carbocycles. The van der Waals surface area contributed by atoms with E-state index in [0.717, 1.165) is 10.9 Å². The Morgan fingerprint density at radius 1 is 0.926 bits per heavy atom. The molecular formula is C26H28N+. The monoisotopic (exact) mass is 354 g/mol. The molecule has 0 radical (unpaired) electrons. The summed E-state index contributed by atoms with van der Waals surface area (Å²) in [5.74, 6) is 0. The van der Waals surface area contributed by atoms with Crippen LogP contribution in [0.25, 0.3) is 16.8 Å². The summed E-state index contributed by atoms with van der Waals surface area (Å²) in [5.41, 5.74) is 6.16. The van der Waals surface area contributed by atoms with Crippen LogP contribution in [0.2, 0.25) is 0 Å². The Bertz CT molecular complexity index is 1060. The number of hydrogen-bond acceptors (Lipinski definition) is 0. The average molecular weight is 355 g/mol. The minimum Gasteiger partial charge on any atom is -0.278 e. The number of para-hydroxylation sites is 1. The normalized spacial score (nSPS) is 24.9. The second-order valence-corrected chi connectivity index (χ2v) is 8.40. The van der Waals surface area contributed by atoms with Gasteiger partial charge in [0.2, 0.25) is 0 Å². The Kier molecular flexibility index (Phi) is 3.61. The molecule has 27 heavy (non-hydrogen) atoms. The van der Waals surface area contributed by atoms with E-state index in [2.05, 4.69) is 93.7 Å². The van der Waals surface area contributed by atoms with Crippen LogP contribution in [0.4, 0.5) is 5.69 Å². The lowest BCUT2D eigenvalue weighted by molar-refractivity contribution is 0.0709. The Balaban J connectivity index is 1.86. The van der Waals surface area contributed by atoms with E-state index in [0.29, 0.717) is 6.04 Å². The fraction of sp³-hybridized carbons (Fsp3) is 0.308. The molecule has 1 heteroatoms. The highest BCUT2D eigenvalue weighted by molar-refractivity contribution is 5.88. The van der Waals surface area contributed by atoms with Crippen molar-refractivity contribution in [3.63, 3.8) is 0 Å². The molecule has 0 aromatic heterocycles. The molecule has 2 atom stereocenters. The van der Waals surface area contributed by atoms with E-state index in [1.807, 2.05) is 0 Å². The van der Waals surface area contributed by atoms with Crippen LogP contribution in [0.5, 0.6) is 0 Å². The van der Waals surface area contributed by atoms with E-state index in [1.165, 1.54) is 40.4 Å². The average Bonchev–Trinajstić information content (AvgIpc) is 2.72. The molecule has 0 aliphatic carbocycles. The van der Waals surface area contributed by atoms with E-state index < -0.39 is 0 Å². The summed E-state index contributed by atoms with van der Waals surface area (Å²) >= 11 is 0. The molecule has 5 rings (SSSR count). The van der Waals surface area contributed by atoms with Crippen LogP contribution in [-0.2, 0) is 6.42 Å². The number of benzene rings is 3. The molecule has 3 aromatic carbocycles. The van der Waals surface area contributed by atoms with E-state index >= 15 is 0 Å².